The molecule has 0 aliphatic heterocycles. The molecule has 0 saturated carbocycles. The molecule has 31 heavy (non-hydrogen) atoms. The van der Waals surface area contributed by atoms with Crippen molar-refractivity contribution in [3.63, 3.8) is 0 Å². The monoisotopic (exact) mass is 477 g/mol. The van der Waals surface area contributed by atoms with E-state index in [9.17, 15) is 18.0 Å². The van der Waals surface area contributed by atoms with Gasteiger partial charge in [-0.15, -0.1) is 10.2 Å². The molecule has 0 aliphatic carbocycles. The fourth-order valence-corrected chi connectivity index (χ4v) is 4.01. The van der Waals surface area contributed by atoms with Crippen molar-refractivity contribution < 1.29 is 18.0 Å². The number of hydrogen-bond donors (Lipinski definition) is 1. The summed E-state index contributed by atoms with van der Waals surface area (Å²) < 4.78 is 40.8. The van der Waals surface area contributed by atoms with Crippen LogP contribution < -0.4 is 5.32 Å². The molecule has 11 heteroatoms. The first-order chi connectivity index (χ1) is 14.6. The van der Waals surface area contributed by atoms with Gasteiger partial charge in [0.05, 0.1) is 28.1 Å². The number of rotatable bonds is 10. The number of nitrogens with zero attached hydrogens (tertiary/aromatic N) is 4. The minimum atomic E-state index is -4.52. The van der Waals surface area contributed by atoms with Crippen LogP contribution in [0.1, 0.15) is 50.5 Å². The normalized spacial score (nSPS) is 12.9. The molecule has 1 amide bonds. The second-order valence-corrected chi connectivity index (χ2v) is 8.61. The Kier molecular flexibility index (Phi) is 9.20. The van der Waals surface area contributed by atoms with Gasteiger partial charge in [0.15, 0.2) is 11.0 Å². The summed E-state index contributed by atoms with van der Waals surface area (Å²) >= 11 is 7.15. The zero-order valence-corrected chi connectivity index (χ0v) is 19.5. The quantitative estimate of drug-likeness (QED) is 0.458. The van der Waals surface area contributed by atoms with Crippen molar-refractivity contribution in [3.8, 4) is 0 Å². The first-order valence-corrected chi connectivity index (χ1v) is 11.3. The highest BCUT2D eigenvalue weighted by Crippen LogP contribution is 2.34. The van der Waals surface area contributed by atoms with Gasteiger partial charge in [-0.25, -0.2) is 0 Å². The van der Waals surface area contributed by atoms with E-state index in [4.69, 9.17) is 11.6 Å². The summed E-state index contributed by atoms with van der Waals surface area (Å²) in [7, 11) is 3.96. The van der Waals surface area contributed by atoms with E-state index in [1.165, 1.54) is 11.8 Å². The minimum absolute atomic E-state index is 0.0322. The van der Waals surface area contributed by atoms with Crippen molar-refractivity contribution in [2.75, 3.05) is 25.2 Å². The Morgan fingerprint density at radius 2 is 2.00 bits per heavy atom. The molecule has 2 rings (SSSR count). The van der Waals surface area contributed by atoms with Gasteiger partial charge in [0.25, 0.3) is 0 Å². The molecule has 1 atom stereocenters. The van der Waals surface area contributed by atoms with Gasteiger partial charge in [-0.05, 0) is 45.1 Å². The van der Waals surface area contributed by atoms with E-state index in [2.05, 4.69) is 34.3 Å². The van der Waals surface area contributed by atoms with Crippen LogP contribution in [-0.4, -0.2) is 45.4 Å². The van der Waals surface area contributed by atoms with E-state index in [0.717, 1.165) is 49.8 Å². The molecule has 1 heterocycles. The minimum Gasteiger partial charge on any atom is -0.324 e. The molecule has 0 saturated heterocycles. The highest BCUT2D eigenvalue weighted by molar-refractivity contribution is 7.99. The van der Waals surface area contributed by atoms with Crippen LogP contribution in [0.25, 0.3) is 0 Å². The lowest BCUT2D eigenvalue weighted by atomic mass is 10.2. The van der Waals surface area contributed by atoms with Gasteiger partial charge < -0.3 is 9.88 Å². The Morgan fingerprint density at radius 3 is 2.58 bits per heavy atom. The first-order valence-electron chi connectivity index (χ1n) is 9.97. The lowest BCUT2D eigenvalue weighted by Gasteiger charge is -2.23. The summed E-state index contributed by atoms with van der Waals surface area (Å²) in [6.07, 6.45) is -1.73. The van der Waals surface area contributed by atoms with Crippen molar-refractivity contribution in [2.45, 2.75) is 57.0 Å². The van der Waals surface area contributed by atoms with Crippen LogP contribution in [0.2, 0.25) is 5.02 Å². The maximum Gasteiger partial charge on any atom is 0.416 e. The van der Waals surface area contributed by atoms with Crippen LogP contribution in [0, 0.1) is 0 Å². The summed E-state index contributed by atoms with van der Waals surface area (Å²) in [5, 5.41) is 11.7. The highest BCUT2D eigenvalue weighted by Gasteiger charge is 2.31. The number of anilines is 1. The molecule has 0 radical (unpaired) electrons. The standard InChI is InChI=1S/C20H27ClF3N5OS/c1-5-7-10-29-18(16(6-2)28(3)4)26-27-19(29)31-12-17(30)25-15-11-13(20(22,23)24)8-9-14(15)21/h8-9,11,16H,5-7,10,12H2,1-4H3,(H,25,30)/t16-/m1/s1. The van der Waals surface area contributed by atoms with Crippen LogP contribution in [0.4, 0.5) is 18.9 Å². The molecular weight excluding hydrogens is 451 g/mol. The highest BCUT2D eigenvalue weighted by atomic mass is 35.5. The molecule has 172 valence electrons. The van der Waals surface area contributed by atoms with Crippen LogP contribution in [0.15, 0.2) is 23.4 Å². The smallest absolute Gasteiger partial charge is 0.324 e. The fraction of sp³-hybridized carbons (Fsp3) is 0.550. The van der Waals surface area contributed by atoms with E-state index in [1.807, 2.05) is 18.7 Å². The van der Waals surface area contributed by atoms with Crippen LogP contribution in [0.5, 0.6) is 0 Å². The van der Waals surface area contributed by atoms with Gasteiger partial charge >= 0.3 is 6.18 Å². The predicted molar refractivity (Wildman–Crippen MR) is 117 cm³/mol. The number of amides is 1. The maximum atomic E-state index is 12.9. The molecule has 0 bridgehead atoms. The van der Waals surface area contributed by atoms with Gasteiger partial charge in [0.2, 0.25) is 5.91 Å². The van der Waals surface area contributed by atoms with E-state index >= 15 is 0 Å². The van der Waals surface area contributed by atoms with Crippen molar-refractivity contribution in [1.29, 1.82) is 0 Å². The maximum absolute atomic E-state index is 12.9. The molecule has 6 nitrogen and oxygen atoms in total. The van der Waals surface area contributed by atoms with Crippen LogP contribution in [-0.2, 0) is 17.5 Å². The Morgan fingerprint density at radius 1 is 1.29 bits per heavy atom. The second kappa shape index (κ2) is 11.2. The third kappa shape index (κ3) is 6.85. The zero-order valence-electron chi connectivity index (χ0n) is 18.0. The zero-order chi connectivity index (χ0) is 23.2. The van der Waals surface area contributed by atoms with Gasteiger partial charge in [-0.2, -0.15) is 13.2 Å². The molecule has 1 aromatic carbocycles. The number of aromatic nitrogens is 3. The average Bonchev–Trinajstić information content (AvgIpc) is 3.08. The number of alkyl halides is 3. The van der Waals surface area contributed by atoms with Crippen molar-refractivity contribution in [2.24, 2.45) is 0 Å². The number of hydrogen-bond acceptors (Lipinski definition) is 5. The molecular formula is C20H27ClF3N5OS. The molecule has 0 fully saturated rings. The molecule has 0 spiro atoms. The SMILES string of the molecule is CCCCn1c(SCC(=O)Nc2cc(C(F)(F)F)ccc2Cl)nnc1[C@@H](CC)N(C)C. The molecule has 0 unspecified atom stereocenters. The van der Waals surface area contributed by atoms with E-state index in [0.29, 0.717) is 5.16 Å². The number of halogens is 4. The molecule has 1 N–H and O–H groups in total. The summed E-state index contributed by atoms with van der Waals surface area (Å²) in [5.41, 5.74) is -0.952. The Hall–Kier alpha value is -1.78. The summed E-state index contributed by atoms with van der Waals surface area (Å²) in [4.78, 5) is 14.5. The molecule has 0 aliphatic rings. The predicted octanol–water partition coefficient (Wildman–Crippen LogP) is 5.49. The number of benzene rings is 1. The van der Waals surface area contributed by atoms with Gasteiger partial charge in [-0.1, -0.05) is 43.6 Å². The lowest BCUT2D eigenvalue weighted by Crippen LogP contribution is -2.23. The number of carbonyl (C=O) groups excluding carboxylic acids is 1. The van der Waals surface area contributed by atoms with Crippen molar-refractivity contribution in [3.05, 3.63) is 34.6 Å². The molecule has 2 aromatic rings. The number of unbranched alkanes of at least 4 members (excludes halogenated alkanes) is 1. The van der Waals surface area contributed by atoms with Crippen molar-refractivity contribution in [1.82, 2.24) is 19.7 Å². The average molecular weight is 478 g/mol. The van der Waals surface area contributed by atoms with Crippen LogP contribution in [0.3, 0.4) is 0 Å². The summed E-state index contributed by atoms with van der Waals surface area (Å²) in [5.74, 6) is 0.331. The van der Waals surface area contributed by atoms with Gasteiger partial charge in [0.1, 0.15) is 0 Å². The lowest BCUT2D eigenvalue weighted by molar-refractivity contribution is -0.137. The van der Waals surface area contributed by atoms with E-state index in [1.54, 1.807) is 0 Å². The summed E-state index contributed by atoms with van der Waals surface area (Å²) in [6, 6.07) is 2.92. The van der Waals surface area contributed by atoms with Crippen molar-refractivity contribution >= 4 is 35.0 Å². The molecule has 1 aromatic heterocycles. The first kappa shape index (κ1) is 25.5. The van der Waals surface area contributed by atoms with E-state index in [-0.39, 0.29) is 22.5 Å². The number of carbonyl (C=O) groups is 1. The summed E-state index contributed by atoms with van der Waals surface area (Å²) in [6.45, 7) is 4.89. The third-order valence-electron chi connectivity index (χ3n) is 4.69. The number of nitrogens with one attached hydrogen (secondary N) is 1. The fourth-order valence-electron chi connectivity index (χ4n) is 3.07. The Labute approximate surface area is 189 Å². The van der Waals surface area contributed by atoms with Gasteiger partial charge in [-0.3, -0.25) is 9.69 Å². The Balaban J connectivity index is 2.14. The second-order valence-electron chi connectivity index (χ2n) is 7.26. The third-order valence-corrected chi connectivity index (χ3v) is 5.99. The van der Waals surface area contributed by atoms with Gasteiger partial charge in [0, 0.05) is 6.54 Å². The van der Waals surface area contributed by atoms with Crippen LogP contribution >= 0.6 is 23.4 Å². The number of thioether (sulfide) groups is 1. The Bertz CT molecular complexity index is 888. The van der Waals surface area contributed by atoms with E-state index < -0.39 is 17.6 Å². The largest absolute Gasteiger partial charge is 0.416 e. The topological polar surface area (TPSA) is 63.1 Å².